The summed E-state index contributed by atoms with van der Waals surface area (Å²) in [5.74, 6) is -4.34. The molecule has 0 unspecified atom stereocenters. The van der Waals surface area contributed by atoms with Crippen molar-refractivity contribution in [2.45, 2.75) is 25.1 Å². The van der Waals surface area contributed by atoms with Gasteiger partial charge in [-0.25, -0.2) is 0 Å². The summed E-state index contributed by atoms with van der Waals surface area (Å²) in [6.07, 6.45) is -0.298. The summed E-state index contributed by atoms with van der Waals surface area (Å²) in [6.45, 7) is -0.0815. The van der Waals surface area contributed by atoms with E-state index in [0.29, 0.717) is 23.9 Å². The number of carbonyl (C=O) groups excluding carboxylic acids is 1. The Morgan fingerprint density at radius 2 is 1.79 bits per heavy atom. The predicted molar refractivity (Wildman–Crippen MR) is 97.9 cm³/mol. The van der Waals surface area contributed by atoms with Crippen LogP contribution in [-0.2, 0) is 16.0 Å². The van der Waals surface area contributed by atoms with Gasteiger partial charge in [0, 0.05) is 17.4 Å². The monoisotopic (exact) mass is 404 g/mol. The second-order valence-electron chi connectivity index (χ2n) is 8.13. The Labute approximate surface area is 164 Å². The summed E-state index contributed by atoms with van der Waals surface area (Å²) < 4.78 is 42.4. The number of alkyl halides is 3. The zero-order chi connectivity index (χ0) is 20.5. The number of nitrogens with zero attached hydrogens (tertiary/aromatic N) is 1. The average molecular weight is 404 g/mol. The Kier molecular flexibility index (Phi) is 3.85. The van der Waals surface area contributed by atoms with Crippen molar-refractivity contribution in [3.05, 3.63) is 47.7 Å². The summed E-state index contributed by atoms with van der Waals surface area (Å²) in [5, 5.41) is 10.3. The van der Waals surface area contributed by atoms with E-state index < -0.39 is 35.9 Å². The molecule has 0 saturated heterocycles. The first-order chi connectivity index (χ1) is 13.8. The van der Waals surface area contributed by atoms with E-state index in [4.69, 9.17) is 0 Å². The fraction of sp³-hybridized carbons (Fsp3) is 0.429. The van der Waals surface area contributed by atoms with E-state index in [2.05, 4.69) is 4.98 Å². The molecule has 152 valence electrons. The highest BCUT2D eigenvalue weighted by atomic mass is 19.4. The van der Waals surface area contributed by atoms with E-state index in [1.165, 1.54) is 0 Å². The van der Waals surface area contributed by atoms with E-state index >= 15 is 0 Å². The number of nitrogens with one attached hydrogen (secondary N) is 1. The molecule has 5 atom stereocenters. The molecule has 1 saturated carbocycles. The lowest BCUT2D eigenvalue weighted by molar-refractivity contribution is -0.197. The van der Waals surface area contributed by atoms with Gasteiger partial charge in [0.1, 0.15) is 0 Å². The molecule has 1 aromatic heterocycles. The van der Waals surface area contributed by atoms with Crippen molar-refractivity contribution in [3.8, 4) is 0 Å². The van der Waals surface area contributed by atoms with Crippen LogP contribution in [0.4, 0.5) is 13.2 Å². The number of H-pyrrole nitrogens is 1. The number of fused-ring (bicyclic) bond motifs is 5. The number of carbonyl (C=O) groups is 2. The Morgan fingerprint density at radius 3 is 2.48 bits per heavy atom. The minimum atomic E-state index is -4.67. The standard InChI is InChI=1S/C21H19F3N2O3/c22-21(23,24)18-17-13(12-3-1-2-4-14(12)25-17)7-8-26(18)19(27)15-10-5-6-11(9-10)16(15)20(28)29/h1-6,10-11,15-16,18,25H,7-9H2,(H,28,29)/t10-,11-,15+,16-,18+/m0/s1. The van der Waals surface area contributed by atoms with Gasteiger partial charge in [0.2, 0.25) is 5.91 Å². The van der Waals surface area contributed by atoms with Crippen molar-refractivity contribution in [1.82, 2.24) is 9.88 Å². The number of para-hydroxylation sites is 1. The zero-order valence-electron chi connectivity index (χ0n) is 15.3. The lowest BCUT2D eigenvalue weighted by atomic mass is 9.81. The molecule has 3 aliphatic rings. The van der Waals surface area contributed by atoms with Crippen molar-refractivity contribution >= 4 is 22.8 Å². The quantitative estimate of drug-likeness (QED) is 0.750. The van der Waals surface area contributed by atoms with Gasteiger partial charge in [0.25, 0.3) is 0 Å². The average Bonchev–Trinajstić information content (AvgIpc) is 3.37. The van der Waals surface area contributed by atoms with Crippen LogP contribution in [0.15, 0.2) is 36.4 Å². The van der Waals surface area contributed by atoms with Crippen LogP contribution in [0.5, 0.6) is 0 Å². The Bertz CT molecular complexity index is 1040. The minimum Gasteiger partial charge on any atom is -0.481 e. The van der Waals surface area contributed by atoms with E-state index in [-0.39, 0.29) is 24.1 Å². The van der Waals surface area contributed by atoms with Crippen molar-refractivity contribution < 1.29 is 27.9 Å². The maximum absolute atomic E-state index is 14.1. The van der Waals surface area contributed by atoms with Crippen molar-refractivity contribution in [2.24, 2.45) is 23.7 Å². The second-order valence-corrected chi connectivity index (χ2v) is 8.13. The fourth-order valence-electron chi connectivity index (χ4n) is 5.51. The van der Waals surface area contributed by atoms with Gasteiger partial charge in [-0.1, -0.05) is 30.4 Å². The van der Waals surface area contributed by atoms with Crippen LogP contribution in [0.1, 0.15) is 23.7 Å². The highest BCUT2D eigenvalue weighted by molar-refractivity contribution is 5.89. The van der Waals surface area contributed by atoms with E-state index in [0.717, 1.165) is 10.3 Å². The molecule has 1 aromatic carbocycles. The Morgan fingerprint density at radius 1 is 1.10 bits per heavy atom. The highest BCUT2D eigenvalue weighted by Crippen LogP contribution is 2.51. The molecule has 2 heterocycles. The van der Waals surface area contributed by atoms with Crippen LogP contribution < -0.4 is 0 Å². The predicted octanol–water partition coefficient (Wildman–Crippen LogP) is 3.68. The number of hydrogen-bond acceptors (Lipinski definition) is 2. The number of amides is 1. The fourth-order valence-corrected chi connectivity index (χ4v) is 5.51. The van der Waals surface area contributed by atoms with Gasteiger partial charge in [-0.15, -0.1) is 0 Å². The molecular formula is C21H19F3N2O3. The third kappa shape index (κ3) is 2.61. The van der Waals surface area contributed by atoms with Gasteiger partial charge >= 0.3 is 12.1 Å². The largest absolute Gasteiger partial charge is 0.481 e. The molecule has 1 amide bonds. The molecule has 29 heavy (non-hydrogen) atoms. The number of benzene rings is 1. The number of carboxylic acid groups (broad SMARTS) is 1. The normalized spacial score (nSPS) is 30.7. The van der Waals surface area contributed by atoms with Gasteiger partial charge in [0.15, 0.2) is 6.04 Å². The van der Waals surface area contributed by atoms with E-state index in [9.17, 15) is 27.9 Å². The maximum Gasteiger partial charge on any atom is 0.414 e. The van der Waals surface area contributed by atoms with Crippen LogP contribution in [0, 0.1) is 23.7 Å². The lowest BCUT2D eigenvalue weighted by Crippen LogP contribution is -2.51. The first-order valence-electron chi connectivity index (χ1n) is 9.65. The highest BCUT2D eigenvalue weighted by Gasteiger charge is 2.57. The Hall–Kier alpha value is -2.77. The molecule has 5 nitrogen and oxygen atoms in total. The topological polar surface area (TPSA) is 73.4 Å². The zero-order valence-corrected chi connectivity index (χ0v) is 15.3. The van der Waals surface area contributed by atoms with Gasteiger partial charge in [-0.2, -0.15) is 13.2 Å². The molecule has 1 fully saturated rings. The molecule has 0 spiro atoms. The van der Waals surface area contributed by atoms with Gasteiger partial charge < -0.3 is 15.0 Å². The molecular weight excluding hydrogens is 385 g/mol. The molecule has 2 aromatic rings. The first kappa shape index (κ1) is 18.3. The first-order valence-corrected chi connectivity index (χ1v) is 9.65. The van der Waals surface area contributed by atoms with Gasteiger partial charge in [-0.3, -0.25) is 9.59 Å². The number of aromatic amines is 1. The van der Waals surface area contributed by atoms with Crippen molar-refractivity contribution in [2.75, 3.05) is 6.54 Å². The number of carboxylic acids is 1. The van der Waals surface area contributed by atoms with Crippen LogP contribution in [0.3, 0.4) is 0 Å². The van der Waals surface area contributed by atoms with E-state index in [1.807, 2.05) is 0 Å². The minimum absolute atomic E-state index is 0.0103. The summed E-state index contributed by atoms with van der Waals surface area (Å²) >= 11 is 0. The third-order valence-electron chi connectivity index (χ3n) is 6.66. The SMILES string of the molecule is O=C(O)[C@@H]1[C@H](C(=O)N2CCc3c([nH]c4ccccc34)[C@@H]2C(F)(F)F)[C@H]2C=C[C@H]1C2. The molecule has 0 radical (unpaired) electrons. The number of halogens is 3. The maximum atomic E-state index is 14.1. The lowest BCUT2D eigenvalue weighted by Gasteiger charge is -2.39. The number of aromatic nitrogens is 1. The van der Waals surface area contributed by atoms with E-state index in [1.54, 1.807) is 36.4 Å². The molecule has 2 bridgehead atoms. The van der Waals surface area contributed by atoms with Crippen molar-refractivity contribution in [1.29, 1.82) is 0 Å². The van der Waals surface area contributed by atoms with Crippen LogP contribution in [-0.4, -0.2) is 39.6 Å². The van der Waals surface area contributed by atoms with Crippen LogP contribution in [0.25, 0.3) is 10.9 Å². The summed E-state index contributed by atoms with van der Waals surface area (Å²) in [7, 11) is 0. The number of rotatable bonds is 2. The third-order valence-corrected chi connectivity index (χ3v) is 6.66. The molecule has 8 heteroatoms. The van der Waals surface area contributed by atoms with Gasteiger partial charge in [-0.05, 0) is 36.3 Å². The molecule has 1 aliphatic heterocycles. The summed E-state index contributed by atoms with van der Waals surface area (Å²) in [5.41, 5.74) is 1.17. The van der Waals surface area contributed by atoms with Gasteiger partial charge in [0.05, 0.1) is 17.5 Å². The summed E-state index contributed by atoms with van der Waals surface area (Å²) in [6, 6.07) is 4.92. The second kappa shape index (κ2) is 6.11. The smallest absolute Gasteiger partial charge is 0.414 e. The summed E-state index contributed by atoms with van der Waals surface area (Å²) in [4.78, 5) is 28.8. The Balaban J connectivity index is 1.57. The molecule has 2 aliphatic carbocycles. The number of hydrogen-bond donors (Lipinski definition) is 2. The van der Waals surface area contributed by atoms with Crippen LogP contribution in [0.2, 0.25) is 0 Å². The number of allylic oxidation sites excluding steroid dienone is 2. The molecule has 2 N–H and O–H groups in total. The molecule has 5 rings (SSSR count). The van der Waals surface area contributed by atoms with Crippen molar-refractivity contribution in [3.63, 3.8) is 0 Å². The van der Waals surface area contributed by atoms with Crippen LogP contribution >= 0.6 is 0 Å². The number of aliphatic carboxylic acids is 1.